The molecule has 0 nitrogen and oxygen atoms in total. The Kier molecular flexibility index (Phi) is 4.36. The Morgan fingerprint density at radius 2 is 1.29 bits per heavy atom. The predicted octanol–water partition coefficient (Wildman–Crippen LogP) is 4.42. The van der Waals surface area contributed by atoms with Crippen LogP contribution in [0, 0.1) is 0 Å². The van der Waals surface area contributed by atoms with E-state index in [4.69, 9.17) is 0 Å². The van der Waals surface area contributed by atoms with Gasteiger partial charge in [0.1, 0.15) is 0 Å². The maximum absolute atomic E-state index is 3.82. The van der Waals surface area contributed by atoms with E-state index in [1.54, 1.807) is 23.5 Å². The largest absolute Gasteiger partial charge is 0.129 e. The predicted molar refractivity (Wildman–Crippen MR) is 70.2 cm³/mol. The van der Waals surface area contributed by atoms with E-state index in [9.17, 15) is 0 Å². The summed E-state index contributed by atoms with van der Waals surface area (Å²) in [6, 6.07) is 4.33. The summed E-state index contributed by atoms with van der Waals surface area (Å²) >= 11 is 3.48. The lowest BCUT2D eigenvalue weighted by Crippen LogP contribution is -1.85. The zero-order valence-corrected chi connectivity index (χ0v) is 10.2. The van der Waals surface area contributed by atoms with E-state index in [-0.39, 0.29) is 0 Å². The van der Waals surface area contributed by atoms with E-state index in [1.165, 1.54) is 20.9 Å². The van der Waals surface area contributed by atoms with Gasteiger partial charge in [-0.3, -0.25) is 0 Å². The molecule has 0 bridgehead atoms. The quantitative estimate of drug-likeness (QED) is 0.692. The summed E-state index contributed by atoms with van der Waals surface area (Å²) < 4.78 is 0. The van der Waals surface area contributed by atoms with Gasteiger partial charge in [0.15, 0.2) is 0 Å². The summed E-state index contributed by atoms with van der Waals surface area (Å²) in [7, 11) is 0. The lowest BCUT2D eigenvalue weighted by Gasteiger charge is -2.09. The van der Waals surface area contributed by atoms with Crippen molar-refractivity contribution in [1.29, 1.82) is 0 Å². The van der Waals surface area contributed by atoms with Gasteiger partial charge in [0.05, 0.1) is 0 Å². The molecule has 0 radical (unpaired) electrons. The van der Waals surface area contributed by atoms with Gasteiger partial charge in [-0.05, 0) is 35.8 Å². The number of hydrogen-bond acceptors (Lipinski definition) is 2. The van der Waals surface area contributed by atoms with Crippen molar-refractivity contribution in [3.63, 3.8) is 0 Å². The van der Waals surface area contributed by atoms with Crippen molar-refractivity contribution in [3.8, 4) is 0 Å². The molecule has 2 heteroatoms. The SMILES string of the molecule is C=Cc1cc(SC)c(C=C)cc1SC. The van der Waals surface area contributed by atoms with Crippen LogP contribution in [0.3, 0.4) is 0 Å². The van der Waals surface area contributed by atoms with Crippen LogP contribution < -0.4 is 0 Å². The molecule has 0 atom stereocenters. The maximum atomic E-state index is 3.82. The van der Waals surface area contributed by atoms with Crippen LogP contribution >= 0.6 is 23.5 Å². The van der Waals surface area contributed by atoms with Crippen molar-refractivity contribution in [3.05, 3.63) is 36.4 Å². The molecule has 0 aliphatic carbocycles. The molecular weight excluding hydrogens is 208 g/mol. The molecule has 0 heterocycles. The lowest BCUT2D eigenvalue weighted by molar-refractivity contribution is 1.31. The van der Waals surface area contributed by atoms with Gasteiger partial charge in [0.25, 0.3) is 0 Å². The molecule has 0 saturated heterocycles. The van der Waals surface area contributed by atoms with Crippen LogP contribution in [0.5, 0.6) is 0 Å². The van der Waals surface area contributed by atoms with Gasteiger partial charge in [0, 0.05) is 9.79 Å². The van der Waals surface area contributed by atoms with Crippen molar-refractivity contribution in [2.24, 2.45) is 0 Å². The molecule has 0 amide bonds. The molecule has 14 heavy (non-hydrogen) atoms. The van der Waals surface area contributed by atoms with Crippen molar-refractivity contribution in [1.82, 2.24) is 0 Å². The summed E-state index contributed by atoms with van der Waals surface area (Å²) in [4.78, 5) is 2.51. The molecule has 0 aliphatic rings. The third kappa shape index (κ3) is 2.25. The monoisotopic (exact) mass is 222 g/mol. The average molecular weight is 222 g/mol. The number of thioether (sulfide) groups is 2. The van der Waals surface area contributed by atoms with Gasteiger partial charge in [-0.25, -0.2) is 0 Å². The Morgan fingerprint density at radius 3 is 1.50 bits per heavy atom. The second-order valence-electron chi connectivity index (χ2n) is 2.74. The molecular formula is C12H14S2. The van der Waals surface area contributed by atoms with Crippen LogP contribution in [-0.2, 0) is 0 Å². The summed E-state index contributed by atoms with van der Waals surface area (Å²) in [5.74, 6) is 0. The highest BCUT2D eigenvalue weighted by Gasteiger charge is 2.04. The Hall–Kier alpha value is -0.600. The summed E-state index contributed by atoms with van der Waals surface area (Å²) in [5, 5.41) is 0. The van der Waals surface area contributed by atoms with Crippen molar-refractivity contribution in [2.45, 2.75) is 9.79 Å². The van der Waals surface area contributed by atoms with Gasteiger partial charge in [0.2, 0.25) is 0 Å². The maximum Gasteiger partial charge on any atom is 0.0148 e. The highest BCUT2D eigenvalue weighted by molar-refractivity contribution is 7.99. The minimum Gasteiger partial charge on any atom is -0.129 e. The van der Waals surface area contributed by atoms with E-state index >= 15 is 0 Å². The third-order valence-electron chi connectivity index (χ3n) is 2.02. The van der Waals surface area contributed by atoms with Gasteiger partial charge >= 0.3 is 0 Å². The second-order valence-corrected chi connectivity index (χ2v) is 4.44. The molecule has 1 rings (SSSR count). The molecule has 1 aromatic carbocycles. The van der Waals surface area contributed by atoms with Gasteiger partial charge < -0.3 is 0 Å². The van der Waals surface area contributed by atoms with Gasteiger partial charge in [-0.15, -0.1) is 23.5 Å². The molecule has 0 fully saturated rings. The number of rotatable bonds is 4. The van der Waals surface area contributed by atoms with Crippen LogP contribution in [0.25, 0.3) is 12.2 Å². The summed E-state index contributed by atoms with van der Waals surface area (Å²) in [6.45, 7) is 7.64. The van der Waals surface area contributed by atoms with Crippen LogP contribution in [0.1, 0.15) is 11.1 Å². The Labute approximate surface area is 94.5 Å². The summed E-state index contributed by atoms with van der Waals surface area (Å²) in [6.07, 6.45) is 7.96. The minimum absolute atomic E-state index is 1.20. The standard InChI is InChI=1S/C12H14S2/c1-5-9-7-12(14-4)10(6-2)8-11(9)13-3/h5-8H,1-2H2,3-4H3. The Morgan fingerprint density at radius 1 is 0.929 bits per heavy atom. The molecule has 74 valence electrons. The van der Waals surface area contributed by atoms with Crippen molar-refractivity contribution in [2.75, 3.05) is 12.5 Å². The topological polar surface area (TPSA) is 0 Å². The van der Waals surface area contributed by atoms with Crippen LogP contribution in [0.15, 0.2) is 35.1 Å². The Balaban J connectivity index is 3.34. The molecule has 0 aromatic heterocycles. The van der Waals surface area contributed by atoms with Crippen LogP contribution in [0.2, 0.25) is 0 Å². The van der Waals surface area contributed by atoms with Crippen molar-refractivity contribution >= 4 is 35.7 Å². The highest BCUT2D eigenvalue weighted by Crippen LogP contribution is 2.30. The first-order chi connectivity index (χ1) is 6.76. The first-order valence-electron chi connectivity index (χ1n) is 4.27. The van der Waals surface area contributed by atoms with E-state index < -0.39 is 0 Å². The zero-order chi connectivity index (χ0) is 10.6. The van der Waals surface area contributed by atoms with Crippen molar-refractivity contribution < 1.29 is 0 Å². The fraction of sp³-hybridized carbons (Fsp3) is 0.167. The van der Waals surface area contributed by atoms with Crippen LogP contribution in [-0.4, -0.2) is 12.5 Å². The molecule has 0 N–H and O–H groups in total. The smallest absolute Gasteiger partial charge is 0.0148 e. The molecule has 1 aromatic rings. The van der Waals surface area contributed by atoms with Gasteiger partial charge in [-0.1, -0.05) is 25.3 Å². The van der Waals surface area contributed by atoms with Gasteiger partial charge in [-0.2, -0.15) is 0 Å². The average Bonchev–Trinajstić information content (AvgIpc) is 2.26. The van der Waals surface area contributed by atoms with Crippen LogP contribution in [0.4, 0.5) is 0 Å². The normalized spacial score (nSPS) is 9.86. The fourth-order valence-corrected chi connectivity index (χ4v) is 2.51. The zero-order valence-electron chi connectivity index (χ0n) is 8.54. The Bertz CT molecular complexity index is 318. The molecule has 0 saturated carbocycles. The van der Waals surface area contributed by atoms with E-state index in [0.29, 0.717) is 0 Å². The number of benzene rings is 1. The third-order valence-corrected chi connectivity index (χ3v) is 3.61. The first-order valence-corrected chi connectivity index (χ1v) is 6.72. The summed E-state index contributed by atoms with van der Waals surface area (Å²) in [5.41, 5.74) is 2.40. The highest BCUT2D eigenvalue weighted by atomic mass is 32.2. The first kappa shape index (κ1) is 11.5. The van der Waals surface area contributed by atoms with E-state index in [1.807, 2.05) is 12.2 Å². The minimum atomic E-state index is 1.20. The molecule has 0 aliphatic heterocycles. The molecule has 0 spiro atoms. The molecule has 0 unspecified atom stereocenters. The van der Waals surface area contributed by atoms with E-state index in [2.05, 4.69) is 37.8 Å². The van der Waals surface area contributed by atoms with E-state index in [0.717, 1.165) is 0 Å². The fourth-order valence-electron chi connectivity index (χ4n) is 1.26. The number of hydrogen-bond donors (Lipinski definition) is 0. The lowest BCUT2D eigenvalue weighted by atomic mass is 10.1. The second kappa shape index (κ2) is 5.32.